The zero-order valence-corrected chi connectivity index (χ0v) is 23.7. The molecular weight excluding hydrogens is 546 g/mol. The van der Waals surface area contributed by atoms with E-state index in [4.69, 9.17) is 16.2 Å². The van der Waals surface area contributed by atoms with Crippen LogP contribution >= 0.6 is 0 Å². The zero-order chi connectivity index (χ0) is 30.5. The largest absolute Gasteiger partial charge is 0.497 e. The van der Waals surface area contributed by atoms with E-state index >= 15 is 0 Å². The number of benzene rings is 2. The number of methoxy groups -OCH3 is 1. The molecule has 3 fully saturated rings. The summed E-state index contributed by atoms with van der Waals surface area (Å²) in [7, 11) is 1.70. The molecule has 0 amide bonds. The SMILES string of the molecule is CC.CCC1CN2CCC1CC2[C@H](N)c1ccnc2ccc(OC)cc12.Nc1cc(C(F)(F)F)cc(C(F)(F)F)c1. The van der Waals surface area contributed by atoms with Crippen LogP contribution in [0.25, 0.3) is 10.9 Å². The predicted molar refractivity (Wildman–Crippen MR) is 149 cm³/mol. The molecule has 3 saturated heterocycles. The van der Waals surface area contributed by atoms with Gasteiger partial charge in [0, 0.05) is 35.9 Å². The molecule has 11 heteroatoms. The van der Waals surface area contributed by atoms with Crippen molar-refractivity contribution in [1.82, 2.24) is 9.88 Å². The molecule has 4 heterocycles. The Kier molecular flexibility index (Phi) is 10.5. The highest BCUT2D eigenvalue weighted by Crippen LogP contribution is 2.42. The van der Waals surface area contributed by atoms with Gasteiger partial charge in [-0.2, -0.15) is 26.3 Å². The summed E-state index contributed by atoms with van der Waals surface area (Å²) < 4.78 is 78.1. The van der Waals surface area contributed by atoms with E-state index < -0.39 is 29.2 Å². The second kappa shape index (κ2) is 13.3. The average Bonchev–Trinajstić information content (AvgIpc) is 2.96. The fraction of sp³-hybridized carbons (Fsp3) is 0.500. The maximum absolute atomic E-state index is 12.1. The normalized spacial score (nSPS) is 22.7. The number of fused-ring (bicyclic) bond motifs is 4. The van der Waals surface area contributed by atoms with Crippen LogP contribution in [0.15, 0.2) is 48.7 Å². The quantitative estimate of drug-likeness (QED) is 0.243. The van der Waals surface area contributed by atoms with Crippen LogP contribution in [0.2, 0.25) is 0 Å². The minimum Gasteiger partial charge on any atom is -0.497 e. The third kappa shape index (κ3) is 7.62. The molecule has 5 atom stereocenters. The minimum atomic E-state index is -4.84. The Bertz CT molecular complexity index is 1260. The molecule has 3 aliphatic heterocycles. The number of rotatable bonds is 4. The van der Waals surface area contributed by atoms with Crippen molar-refractivity contribution in [3.8, 4) is 5.75 Å². The summed E-state index contributed by atoms with van der Waals surface area (Å²) in [6.45, 7) is 8.74. The highest BCUT2D eigenvalue weighted by molar-refractivity contribution is 5.84. The van der Waals surface area contributed by atoms with Crippen molar-refractivity contribution in [2.75, 3.05) is 25.9 Å². The van der Waals surface area contributed by atoms with E-state index in [0.29, 0.717) is 18.2 Å². The van der Waals surface area contributed by atoms with Gasteiger partial charge in [0.1, 0.15) is 5.75 Å². The number of hydrogen-bond donors (Lipinski definition) is 2. The molecule has 1 aromatic heterocycles. The van der Waals surface area contributed by atoms with Crippen LogP contribution in [0.1, 0.15) is 62.8 Å². The van der Waals surface area contributed by atoms with Crippen LogP contribution in [0, 0.1) is 11.8 Å². The highest BCUT2D eigenvalue weighted by atomic mass is 19.4. The van der Waals surface area contributed by atoms with Gasteiger partial charge in [0.05, 0.1) is 23.8 Å². The number of ether oxygens (including phenoxy) is 1. The van der Waals surface area contributed by atoms with Crippen molar-refractivity contribution in [1.29, 1.82) is 0 Å². The zero-order valence-electron chi connectivity index (χ0n) is 23.7. The van der Waals surface area contributed by atoms with Crippen LogP contribution in [-0.2, 0) is 12.4 Å². The number of pyridine rings is 1. The van der Waals surface area contributed by atoms with Crippen LogP contribution < -0.4 is 16.2 Å². The summed E-state index contributed by atoms with van der Waals surface area (Å²) in [6.07, 6.45) is -3.93. The monoisotopic (exact) mass is 584 g/mol. The lowest BCUT2D eigenvalue weighted by Gasteiger charge is -2.51. The van der Waals surface area contributed by atoms with Crippen LogP contribution in [0.4, 0.5) is 32.0 Å². The van der Waals surface area contributed by atoms with Gasteiger partial charge in [-0.15, -0.1) is 0 Å². The average molecular weight is 585 g/mol. The second-order valence-corrected chi connectivity index (χ2v) is 10.2. The number of anilines is 1. The first-order valence-corrected chi connectivity index (χ1v) is 13.8. The fourth-order valence-corrected chi connectivity index (χ4v) is 5.77. The summed E-state index contributed by atoms with van der Waals surface area (Å²) in [6, 6.07) is 9.55. The standard InChI is InChI=1S/C20H27N3O.C8H5F6N.C2H6/c1-3-13-12-23-9-7-14(13)10-19(23)20(21)16-6-8-22-18-5-4-15(24-2)11-17(16)18;9-7(10,11)4-1-5(8(12,13)14)3-6(15)2-4;1-2/h4-6,8,11,13-14,19-20H,3,7,9-10,12,21H2,1-2H3;1-3H,15H2;1-2H3/t13?,14?,19?,20-;;/m1../s1. The van der Waals surface area contributed by atoms with Gasteiger partial charge in [0.2, 0.25) is 0 Å². The van der Waals surface area contributed by atoms with Gasteiger partial charge in [-0.05, 0) is 79.3 Å². The summed E-state index contributed by atoms with van der Waals surface area (Å²) in [5.74, 6) is 2.57. The van der Waals surface area contributed by atoms with Gasteiger partial charge < -0.3 is 16.2 Å². The summed E-state index contributed by atoms with van der Waals surface area (Å²) in [5, 5.41) is 1.12. The molecular formula is C30H38F6N4O. The number of halogens is 6. The molecule has 5 nitrogen and oxygen atoms in total. The Morgan fingerprint density at radius 2 is 1.63 bits per heavy atom. The van der Waals surface area contributed by atoms with Gasteiger partial charge >= 0.3 is 12.4 Å². The van der Waals surface area contributed by atoms with Gasteiger partial charge in [0.15, 0.2) is 0 Å². The molecule has 41 heavy (non-hydrogen) atoms. The van der Waals surface area contributed by atoms with Gasteiger partial charge in [-0.25, -0.2) is 0 Å². The smallest absolute Gasteiger partial charge is 0.416 e. The van der Waals surface area contributed by atoms with Crippen molar-refractivity contribution in [3.05, 3.63) is 65.4 Å². The molecule has 0 radical (unpaired) electrons. The Labute approximate surface area is 236 Å². The number of nitrogens with two attached hydrogens (primary N) is 2. The van der Waals surface area contributed by atoms with E-state index in [0.717, 1.165) is 28.5 Å². The Hall–Kier alpha value is -3.05. The van der Waals surface area contributed by atoms with E-state index in [-0.39, 0.29) is 12.1 Å². The second-order valence-electron chi connectivity index (χ2n) is 10.2. The molecule has 0 spiro atoms. The maximum atomic E-state index is 12.1. The molecule has 226 valence electrons. The third-order valence-electron chi connectivity index (χ3n) is 7.83. The summed E-state index contributed by atoms with van der Waals surface area (Å²) >= 11 is 0. The van der Waals surface area contributed by atoms with Gasteiger partial charge in [-0.1, -0.05) is 27.2 Å². The molecule has 3 aromatic rings. The fourth-order valence-electron chi connectivity index (χ4n) is 5.77. The first kappa shape index (κ1) is 32.5. The lowest BCUT2D eigenvalue weighted by Crippen LogP contribution is -2.56. The number of nitrogens with zero attached hydrogens (tertiary/aromatic N) is 2. The first-order valence-electron chi connectivity index (χ1n) is 13.8. The Morgan fingerprint density at radius 1 is 1.00 bits per heavy atom. The predicted octanol–water partition coefficient (Wildman–Crippen LogP) is 7.70. The topological polar surface area (TPSA) is 77.4 Å². The molecule has 0 saturated carbocycles. The van der Waals surface area contributed by atoms with E-state index in [1.807, 2.05) is 32.2 Å². The summed E-state index contributed by atoms with van der Waals surface area (Å²) in [4.78, 5) is 7.12. The lowest BCUT2D eigenvalue weighted by atomic mass is 9.72. The van der Waals surface area contributed by atoms with Crippen LogP contribution in [0.3, 0.4) is 0 Å². The van der Waals surface area contributed by atoms with Crippen LogP contribution in [0.5, 0.6) is 5.75 Å². The molecule has 4 N–H and O–H groups in total. The van der Waals surface area contributed by atoms with Crippen molar-refractivity contribution >= 4 is 16.6 Å². The third-order valence-corrected chi connectivity index (χ3v) is 7.83. The van der Waals surface area contributed by atoms with E-state index in [9.17, 15) is 26.3 Å². The van der Waals surface area contributed by atoms with Crippen molar-refractivity contribution in [3.63, 3.8) is 0 Å². The summed E-state index contributed by atoms with van der Waals surface area (Å²) in [5.41, 5.74) is 10.5. The van der Waals surface area contributed by atoms with Crippen molar-refractivity contribution in [2.24, 2.45) is 17.6 Å². The highest BCUT2D eigenvalue weighted by Gasteiger charge is 2.42. The Balaban J connectivity index is 0.000000236. The lowest BCUT2D eigenvalue weighted by molar-refractivity contribution is -0.143. The maximum Gasteiger partial charge on any atom is 0.416 e. The molecule has 4 unspecified atom stereocenters. The molecule has 6 rings (SSSR count). The van der Waals surface area contributed by atoms with Crippen molar-refractivity contribution in [2.45, 2.75) is 64.5 Å². The van der Waals surface area contributed by atoms with Crippen LogP contribution in [-0.4, -0.2) is 36.1 Å². The first-order chi connectivity index (χ1) is 19.3. The van der Waals surface area contributed by atoms with E-state index in [2.05, 4.69) is 28.9 Å². The Morgan fingerprint density at radius 3 is 2.15 bits per heavy atom. The van der Waals surface area contributed by atoms with Gasteiger partial charge in [0.25, 0.3) is 0 Å². The molecule has 0 aliphatic carbocycles. The minimum absolute atomic E-state index is 0.0242. The van der Waals surface area contributed by atoms with E-state index in [1.165, 1.54) is 37.9 Å². The number of aromatic nitrogens is 1. The van der Waals surface area contributed by atoms with E-state index in [1.54, 1.807) is 7.11 Å². The number of alkyl halides is 6. The van der Waals surface area contributed by atoms with Gasteiger partial charge in [-0.3, -0.25) is 9.88 Å². The number of nitrogen functional groups attached to an aromatic ring is 1. The number of hydrogen-bond acceptors (Lipinski definition) is 5. The molecule has 3 aliphatic rings. The van der Waals surface area contributed by atoms with Crippen molar-refractivity contribution < 1.29 is 31.1 Å². The molecule has 2 aromatic carbocycles. The molecule has 2 bridgehead atoms. The number of piperidine rings is 3.